The number of amides is 2. The molecule has 2 amide bonds. The number of aromatic hydroxyl groups is 1. The van der Waals surface area contributed by atoms with E-state index in [1.165, 1.54) is 6.21 Å². The van der Waals surface area contributed by atoms with Gasteiger partial charge in [0.05, 0.1) is 16.9 Å². The number of phenolic OH excluding ortho intramolecular Hbond substituents is 1. The zero-order chi connectivity index (χ0) is 21.2. The second-order valence-electron chi connectivity index (χ2n) is 6.24. The third kappa shape index (κ3) is 6.80. The van der Waals surface area contributed by atoms with E-state index in [4.69, 9.17) is 11.6 Å². The van der Waals surface area contributed by atoms with E-state index < -0.39 is 5.91 Å². The highest BCUT2D eigenvalue weighted by atomic mass is 35.5. The SMILES string of the molecule is CCN(CC)c1ccc(/C=N/NC(=O)CCC(=O)Nc2ccccc2Cl)c(O)c1. The second-order valence-corrected chi connectivity index (χ2v) is 6.64. The van der Waals surface area contributed by atoms with Gasteiger partial charge in [-0.3, -0.25) is 9.59 Å². The monoisotopic (exact) mass is 416 g/mol. The predicted octanol–water partition coefficient (Wildman–Crippen LogP) is 3.76. The summed E-state index contributed by atoms with van der Waals surface area (Å²) in [5, 5.41) is 17.1. The van der Waals surface area contributed by atoms with Crippen molar-refractivity contribution < 1.29 is 14.7 Å². The average Bonchev–Trinajstić information content (AvgIpc) is 2.70. The van der Waals surface area contributed by atoms with Crippen LogP contribution in [0.15, 0.2) is 47.6 Å². The number of phenols is 1. The molecule has 0 unspecified atom stereocenters. The Morgan fingerprint density at radius 1 is 1.10 bits per heavy atom. The van der Waals surface area contributed by atoms with E-state index in [9.17, 15) is 14.7 Å². The molecule has 2 rings (SSSR count). The highest BCUT2D eigenvalue weighted by Gasteiger charge is 2.09. The molecule has 7 nitrogen and oxygen atoms in total. The maximum atomic E-state index is 11.9. The summed E-state index contributed by atoms with van der Waals surface area (Å²) >= 11 is 5.98. The van der Waals surface area contributed by atoms with E-state index in [2.05, 4.69) is 20.7 Å². The van der Waals surface area contributed by atoms with Crippen molar-refractivity contribution in [2.45, 2.75) is 26.7 Å². The molecule has 0 spiro atoms. The molecule has 3 N–H and O–H groups in total. The largest absolute Gasteiger partial charge is 0.507 e. The van der Waals surface area contributed by atoms with Crippen molar-refractivity contribution >= 4 is 41.0 Å². The smallest absolute Gasteiger partial charge is 0.240 e. The molecule has 8 heteroatoms. The van der Waals surface area contributed by atoms with Gasteiger partial charge in [0.2, 0.25) is 11.8 Å². The van der Waals surface area contributed by atoms with Gasteiger partial charge < -0.3 is 15.3 Å². The summed E-state index contributed by atoms with van der Waals surface area (Å²) in [6.07, 6.45) is 1.33. The Morgan fingerprint density at radius 3 is 2.45 bits per heavy atom. The van der Waals surface area contributed by atoms with Gasteiger partial charge in [0.15, 0.2) is 0 Å². The van der Waals surface area contributed by atoms with E-state index in [1.54, 1.807) is 36.4 Å². The predicted molar refractivity (Wildman–Crippen MR) is 117 cm³/mol. The van der Waals surface area contributed by atoms with Crippen LogP contribution < -0.4 is 15.6 Å². The third-order valence-electron chi connectivity index (χ3n) is 4.26. The molecule has 0 saturated heterocycles. The van der Waals surface area contributed by atoms with Gasteiger partial charge in [0.1, 0.15) is 5.75 Å². The van der Waals surface area contributed by atoms with Gasteiger partial charge in [-0.25, -0.2) is 5.43 Å². The van der Waals surface area contributed by atoms with Gasteiger partial charge in [-0.15, -0.1) is 0 Å². The van der Waals surface area contributed by atoms with Gasteiger partial charge in [0.25, 0.3) is 0 Å². The molecule has 29 heavy (non-hydrogen) atoms. The molecule has 0 aliphatic heterocycles. The Kier molecular flexibility index (Phi) is 8.48. The van der Waals surface area contributed by atoms with E-state index in [-0.39, 0.29) is 24.5 Å². The quantitative estimate of drug-likeness (QED) is 0.428. The minimum Gasteiger partial charge on any atom is -0.507 e. The van der Waals surface area contributed by atoms with Crippen LogP contribution in [-0.4, -0.2) is 36.2 Å². The van der Waals surface area contributed by atoms with Crippen molar-refractivity contribution in [3.63, 3.8) is 0 Å². The maximum Gasteiger partial charge on any atom is 0.240 e. The van der Waals surface area contributed by atoms with Crippen molar-refractivity contribution in [1.82, 2.24) is 5.43 Å². The summed E-state index contributed by atoms with van der Waals surface area (Å²) in [5.41, 5.74) is 4.25. The van der Waals surface area contributed by atoms with Crippen LogP contribution in [0, 0.1) is 0 Å². The Balaban J connectivity index is 1.82. The van der Waals surface area contributed by atoms with E-state index >= 15 is 0 Å². The molecule has 2 aromatic rings. The number of hydrogen-bond acceptors (Lipinski definition) is 5. The molecule has 2 aromatic carbocycles. The number of nitrogens with one attached hydrogen (secondary N) is 2. The highest BCUT2D eigenvalue weighted by Crippen LogP contribution is 2.23. The fourth-order valence-corrected chi connectivity index (χ4v) is 2.84. The maximum absolute atomic E-state index is 11.9. The Morgan fingerprint density at radius 2 is 1.79 bits per heavy atom. The fraction of sp³-hybridized carbons (Fsp3) is 0.286. The lowest BCUT2D eigenvalue weighted by Crippen LogP contribution is -2.21. The highest BCUT2D eigenvalue weighted by molar-refractivity contribution is 6.33. The number of rotatable bonds is 9. The number of nitrogens with zero attached hydrogens (tertiary/aromatic N) is 2. The first-order valence-electron chi connectivity index (χ1n) is 9.38. The number of carbonyl (C=O) groups is 2. The molecule has 0 aliphatic carbocycles. The standard InChI is InChI=1S/C21H25ClN4O3/c1-3-26(4-2)16-10-9-15(19(27)13-16)14-23-25-21(29)12-11-20(28)24-18-8-6-5-7-17(18)22/h5-10,13-14,27H,3-4,11-12H2,1-2H3,(H,24,28)(H,25,29)/b23-14+. The number of benzene rings is 2. The number of hydrogen-bond donors (Lipinski definition) is 3. The minimum absolute atomic E-state index is 0.00358. The average molecular weight is 417 g/mol. The minimum atomic E-state index is -0.408. The van der Waals surface area contributed by atoms with E-state index in [0.717, 1.165) is 18.8 Å². The zero-order valence-electron chi connectivity index (χ0n) is 16.5. The molecule has 0 aromatic heterocycles. The third-order valence-corrected chi connectivity index (χ3v) is 4.59. The molecule has 0 heterocycles. The van der Waals surface area contributed by atoms with Crippen molar-refractivity contribution in [2.75, 3.05) is 23.3 Å². The summed E-state index contributed by atoms with van der Waals surface area (Å²) in [5.74, 6) is -0.650. The number of anilines is 2. The molecule has 0 fully saturated rings. The molecule has 0 atom stereocenters. The number of carbonyl (C=O) groups excluding carboxylic acids is 2. The summed E-state index contributed by atoms with van der Waals surface area (Å²) in [6, 6.07) is 12.1. The molecular weight excluding hydrogens is 392 g/mol. The topological polar surface area (TPSA) is 94.0 Å². The van der Waals surface area contributed by atoms with Crippen LogP contribution in [0.3, 0.4) is 0 Å². The van der Waals surface area contributed by atoms with Crippen molar-refractivity contribution in [3.05, 3.63) is 53.1 Å². The molecule has 0 radical (unpaired) electrons. The van der Waals surface area contributed by atoms with Crippen molar-refractivity contribution in [1.29, 1.82) is 0 Å². The van der Waals surface area contributed by atoms with Crippen LogP contribution in [0.1, 0.15) is 32.3 Å². The molecular formula is C21H25ClN4O3. The Hall–Kier alpha value is -3.06. The molecule has 0 saturated carbocycles. The van der Waals surface area contributed by atoms with E-state index in [1.807, 2.05) is 19.9 Å². The van der Waals surface area contributed by atoms with Gasteiger partial charge >= 0.3 is 0 Å². The number of halogens is 1. The Labute approximate surface area is 175 Å². The van der Waals surface area contributed by atoms with Gasteiger partial charge in [-0.1, -0.05) is 23.7 Å². The van der Waals surface area contributed by atoms with Crippen molar-refractivity contribution in [2.24, 2.45) is 5.10 Å². The van der Waals surface area contributed by atoms with Gasteiger partial charge in [-0.2, -0.15) is 5.10 Å². The van der Waals surface area contributed by atoms with Gasteiger partial charge in [0, 0.05) is 43.2 Å². The zero-order valence-corrected chi connectivity index (χ0v) is 17.2. The fourth-order valence-electron chi connectivity index (χ4n) is 2.66. The summed E-state index contributed by atoms with van der Waals surface area (Å²) in [4.78, 5) is 25.9. The van der Waals surface area contributed by atoms with Crippen LogP contribution in [0.2, 0.25) is 5.02 Å². The van der Waals surface area contributed by atoms with Crippen LogP contribution in [0.4, 0.5) is 11.4 Å². The van der Waals surface area contributed by atoms with Crippen LogP contribution >= 0.6 is 11.6 Å². The first kappa shape index (κ1) is 22.2. The summed E-state index contributed by atoms with van der Waals surface area (Å²) in [6.45, 7) is 5.76. The summed E-state index contributed by atoms with van der Waals surface area (Å²) < 4.78 is 0. The van der Waals surface area contributed by atoms with Gasteiger partial charge in [-0.05, 0) is 38.1 Å². The number of para-hydroxylation sites is 1. The van der Waals surface area contributed by atoms with Crippen LogP contribution in [0.25, 0.3) is 0 Å². The van der Waals surface area contributed by atoms with Crippen molar-refractivity contribution in [3.8, 4) is 5.75 Å². The molecule has 154 valence electrons. The normalized spacial score (nSPS) is 10.7. The van der Waals surface area contributed by atoms with E-state index in [0.29, 0.717) is 16.3 Å². The first-order chi connectivity index (χ1) is 13.9. The van der Waals surface area contributed by atoms with Crippen LogP contribution in [-0.2, 0) is 9.59 Å². The number of hydrazone groups is 1. The lowest BCUT2D eigenvalue weighted by Gasteiger charge is -2.21. The lowest BCUT2D eigenvalue weighted by atomic mass is 10.2. The first-order valence-corrected chi connectivity index (χ1v) is 9.76. The van der Waals surface area contributed by atoms with Crippen LogP contribution in [0.5, 0.6) is 5.75 Å². The lowest BCUT2D eigenvalue weighted by molar-refractivity contribution is -0.124. The Bertz CT molecular complexity index is 882. The second kappa shape index (κ2) is 11.1. The molecule has 0 bridgehead atoms. The summed E-state index contributed by atoms with van der Waals surface area (Å²) in [7, 11) is 0. The molecule has 0 aliphatic rings.